The predicted octanol–water partition coefficient (Wildman–Crippen LogP) is 4.12. The lowest BCUT2D eigenvalue weighted by atomic mass is 10.0. The molecule has 0 aliphatic heterocycles. The number of nitrogens with one attached hydrogen (secondary N) is 2. The normalized spacial score (nSPS) is 11.4. The zero-order valence-electron chi connectivity index (χ0n) is 15.2. The Hall–Kier alpha value is -3.34. The average Bonchev–Trinajstić information content (AvgIpc) is 3.20. The van der Waals surface area contributed by atoms with Crippen molar-refractivity contribution in [3.63, 3.8) is 0 Å². The third kappa shape index (κ3) is 4.64. The number of unbranched alkanes of at least 4 members (excludes halogenated alkanes) is 1. The van der Waals surface area contributed by atoms with Crippen molar-refractivity contribution >= 4 is 28.7 Å². The minimum absolute atomic E-state index is 0.152. The third-order valence-electron chi connectivity index (χ3n) is 4.17. The SMILES string of the molecule is CCCCNC(=O)/C(=C/c1ccco1)NC(=O)c1cccc2ccccc12. The molecule has 138 valence electrons. The molecule has 0 fully saturated rings. The van der Waals surface area contributed by atoms with E-state index in [1.54, 1.807) is 18.2 Å². The van der Waals surface area contributed by atoms with Crippen molar-refractivity contribution in [3.05, 3.63) is 77.9 Å². The van der Waals surface area contributed by atoms with Crippen molar-refractivity contribution in [1.82, 2.24) is 10.6 Å². The second kappa shape index (κ2) is 8.85. The molecule has 0 spiro atoms. The molecule has 0 atom stereocenters. The molecule has 2 aromatic carbocycles. The molecule has 1 aromatic heterocycles. The Labute approximate surface area is 158 Å². The van der Waals surface area contributed by atoms with E-state index in [0.717, 1.165) is 23.6 Å². The first-order valence-electron chi connectivity index (χ1n) is 9.01. The minimum Gasteiger partial charge on any atom is -0.465 e. The molecular formula is C22H22N2O3. The highest BCUT2D eigenvalue weighted by atomic mass is 16.3. The van der Waals surface area contributed by atoms with Crippen LogP contribution in [-0.4, -0.2) is 18.4 Å². The van der Waals surface area contributed by atoms with Crippen LogP contribution in [-0.2, 0) is 4.79 Å². The molecule has 5 nitrogen and oxygen atoms in total. The summed E-state index contributed by atoms with van der Waals surface area (Å²) in [6.45, 7) is 2.60. The maximum Gasteiger partial charge on any atom is 0.267 e. The fourth-order valence-corrected chi connectivity index (χ4v) is 2.76. The molecule has 2 N–H and O–H groups in total. The van der Waals surface area contributed by atoms with Crippen LogP contribution in [0.3, 0.4) is 0 Å². The van der Waals surface area contributed by atoms with Gasteiger partial charge in [-0.3, -0.25) is 9.59 Å². The van der Waals surface area contributed by atoms with E-state index in [-0.39, 0.29) is 17.5 Å². The van der Waals surface area contributed by atoms with E-state index in [2.05, 4.69) is 10.6 Å². The number of amides is 2. The molecule has 3 rings (SSSR count). The maximum atomic E-state index is 12.9. The molecule has 0 aliphatic carbocycles. The summed E-state index contributed by atoms with van der Waals surface area (Å²) in [5.41, 5.74) is 0.666. The van der Waals surface area contributed by atoms with Gasteiger partial charge in [-0.05, 0) is 35.4 Å². The Bertz CT molecular complexity index is 953. The molecule has 5 heteroatoms. The van der Waals surface area contributed by atoms with Crippen LogP contribution in [0, 0.1) is 0 Å². The number of rotatable bonds is 7. The van der Waals surface area contributed by atoms with Crippen molar-refractivity contribution in [2.75, 3.05) is 6.54 Å². The summed E-state index contributed by atoms with van der Waals surface area (Å²) in [5, 5.41) is 7.37. The topological polar surface area (TPSA) is 71.3 Å². The van der Waals surface area contributed by atoms with Gasteiger partial charge < -0.3 is 15.1 Å². The lowest BCUT2D eigenvalue weighted by molar-refractivity contribution is -0.117. The zero-order valence-corrected chi connectivity index (χ0v) is 15.2. The van der Waals surface area contributed by atoms with Gasteiger partial charge in [-0.15, -0.1) is 0 Å². The molecule has 27 heavy (non-hydrogen) atoms. The van der Waals surface area contributed by atoms with Gasteiger partial charge in [0.25, 0.3) is 11.8 Å². The van der Waals surface area contributed by atoms with Gasteiger partial charge in [-0.25, -0.2) is 0 Å². The van der Waals surface area contributed by atoms with Crippen LogP contribution in [0.5, 0.6) is 0 Å². The first-order valence-corrected chi connectivity index (χ1v) is 9.01. The number of furan rings is 1. The van der Waals surface area contributed by atoms with Crippen LogP contribution >= 0.6 is 0 Å². The molecule has 0 radical (unpaired) electrons. The Morgan fingerprint density at radius 3 is 2.63 bits per heavy atom. The third-order valence-corrected chi connectivity index (χ3v) is 4.17. The van der Waals surface area contributed by atoms with E-state index in [9.17, 15) is 9.59 Å². The number of carbonyl (C=O) groups is 2. The van der Waals surface area contributed by atoms with Crippen LogP contribution < -0.4 is 10.6 Å². The number of hydrogen-bond acceptors (Lipinski definition) is 3. The molecule has 3 aromatic rings. The highest BCUT2D eigenvalue weighted by Gasteiger charge is 2.16. The lowest BCUT2D eigenvalue weighted by Crippen LogP contribution is -2.35. The van der Waals surface area contributed by atoms with E-state index < -0.39 is 0 Å². The Balaban J connectivity index is 1.86. The van der Waals surface area contributed by atoms with Crippen LogP contribution in [0.1, 0.15) is 35.9 Å². The fraction of sp³-hybridized carbons (Fsp3) is 0.182. The van der Waals surface area contributed by atoms with E-state index in [0.29, 0.717) is 17.9 Å². The fourth-order valence-electron chi connectivity index (χ4n) is 2.76. The van der Waals surface area contributed by atoms with Gasteiger partial charge >= 0.3 is 0 Å². The van der Waals surface area contributed by atoms with Crippen molar-refractivity contribution < 1.29 is 14.0 Å². The van der Waals surface area contributed by atoms with Gasteiger partial charge in [0.1, 0.15) is 11.5 Å². The van der Waals surface area contributed by atoms with Gasteiger partial charge in [0, 0.05) is 18.2 Å². The number of benzene rings is 2. The van der Waals surface area contributed by atoms with Gasteiger partial charge in [0.05, 0.1) is 6.26 Å². The average molecular weight is 362 g/mol. The van der Waals surface area contributed by atoms with Crippen molar-refractivity contribution in [2.45, 2.75) is 19.8 Å². The van der Waals surface area contributed by atoms with E-state index >= 15 is 0 Å². The predicted molar refractivity (Wildman–Crippen MR) is 106 cm³/mol. The van der Waals surface area contributed by atoms with Gasteiger partial charge in [-0.2, -0.15) is 0 Å². The monoisotopic (exact) mass is 362 g/mol. The summed E-state index contributed by atoms with van der Waals surface area (Å²) >= 11 is 0. The molecule has 1 heterocycles. The molecule has 0 saturated heterocycles. The highest BCUT2D eigenvalue weighted by Crippen LogP contribution is 2.19. The van der Waals surface area contributed by atoms with Crippen LogP contribution in [0.25, 0.3) is 16.8 Å². The minimum atomic E-state index is -0.339. The second-order valence-corrected chi connectivity index (χ2v) is 6.16. The van der Waals surface area contributed by atoms with Gasteiger partial charge in [0.2, 0.25) is 0 Å². The molecular weight excluding hydrogens is 340 g/mol. The maximum absolute atomic E-state index is 12.9. The Morgan fingerprint density at radius 1 is 1.04 bits per heavy atom. The van der Waals surface area contributed by atoms with Crippen LogP contribution in [0.15, 0.2) is 71.0 Å². The number of carbonyl (C=O) groups excluding carboxylic acids is 2. The molecule has 0 aliphatic rings. The number of fused-ring (bicyclic) bond motifs is 1. The van der Waals surface area contributed by atoms with Crippen LogP contribution in [0.4, 0.5) is 0 Å². The summed E-state index contributed by atoms with van der Waals surface area (Å²) in [5.74, 6) is -0.183. The summed E-state index contributed by atoms with van der Waals surface area (Å²) in [6.07, 6.45) is 4.90. The summed E-state index contributed by atoms with van der Waals surface area (Å²) in [6, 6.07) is 16.6. The largest absolute Gasteiger partial charge is 0.465 e. The number of hydrogen-bond donors (Lipinski definition) is 2. The standard InChI is InChI=1S/C22H22N2O3/c1-2-3-13-23-22(26)20(15-17-10-7-14-27-17)24-21(25)19-12-6-9-16-8-4-5-11-18(16)19/h4-12,14-15H,2-3,13H2,1H3,(H,23,26)(H,24,25)/b20-15-. The molecule has 0 bridgehead atoms. The zero-order chi connectivity index (χ0) is 19.1. The summed E-state index contributed by atoms with van der Waals surface area (Å²) in [4.78, 5) is 25.4. The molecule has 0 saturated carbocycles. The van der Waals surface area contributed by atoms with Crippen molar-refractivity contribution in [3.8, 4) is 0 Å². The van der Waals surface area contributed by atoms with E-state index in [4.69, 9.17) is 4.42 Å². The highest BCUT2D eigenvalue weighted by molar-refractivity contribution is 6.11. The Morgan fingerprint density at radius 2 is 1.85 bits per heavy atom. The van der Waals surface area contributed by atoms with Gasteiger partial charge in [0.15, 0.2) is 0 Å². The second-order valence-electron chi connectivity index (χ2n) is 6.16. The quantitative estimate of drug-likeness (QED) is 0.491. The smallest absolute Gasteiger partial charge is 0.267 e. The van der Waals surface area contributed by atoms with Gasteiger partial charge in [-0.1, -0.05) is 49.7 Å². The van der Waals surface area contributed by atoms with E-state index in [1.165, 1.54) is 12.3 Å². The molecule has 0 unspecified atom stereocenters. The first-order chi connectivity index (χ1) is 13.2. The van der Waals surface area contributed by atoms with Crippen molar-refractivity contribution in [1.29, 1.82) is 0 Å². The Kier molecular flexibility index (Phi) is 6.05. The van der Waals surface area contributed by atoms with E-state index in [1.807, 2.05) is 43.3 Å². The molecule has 2 amide bonds. The summed E-state index contributed by atoms with van der Waals surface area (Å²) < 4.78 is 5.29. The summed E-state index contributed by atoms with van der Waals surface area (Å²) in [7, 11) is 0. The first kappa shape index (κ1) is 18.5. The van der Waals surface area contributed by atoms with Crippen molar-refractivity contribution in [2.24, 2.45) is 0 Å². The lowest BCUT2D eigenvalue weighted by Gasteiger charge is -2.12. The van der Waals surface area contributed by atoms with Crippen LogP contribution in [0.2, 0.25) is 0 Å².